The van der Waals surface area contributed by atoms with Gasteiger partial charge in [-0.3, -0.25) is 9.59 Å². The maximum atomic E-state index is 13.5. The molecule has 2 aromatic rings. The highest BCUT2D eigenvalue weighted by Gasteiger charge is 2.41. The van der Waals surface area contributed by atoms with E-state index in [1.54, 1.807) is 42.3 Å². The van der Waals surface area contributed by atoms with Crippen molar-refractivity contribution in [1.29, 1.82) is 0 Å². The van der Waals surface area contributed by atoms with Crippen LogP contribution in [0.3, 0.4) is 0 Å². The van der Waals surface area contributed by atoms with E-state index in [1.165, 1.54) is 7.11 Å². The number of ether oxygens (including phenoxy) is 1. The Kier molecular flexibility index (Phi) is 12.2. The first-order chi connectivity index (χ1) is 18.2. The number of nitrogens with zero attached hydrogens (tertiary/aromatic N) is 3. The van der Waals surface area contributed by atoms with Crippen molar-refractivity contribution in [3.8, 4) is 0 Å². The number of hydrogen-bond donors (Lipinski definition) is 4. The van der Waals surface area contributed by atoms with E-state index in [9.17, 15) is 9.59 Å². The van der Waals surface area contributed by atoms with Gasteiger partial charge in [-0.05, 0) is 37.2 Å². The van der Waals surface area contributed by atoms with Gasteiger partial charge in [0.15, 0.2) is 6.17 Å². The van der Waals surface area contributed by atoms with Gasteiger partial charge in [-0.2, -0.15) is 5.10 Å². The van der Waals surface area contributed by atoms with Crippen LogP contribution in [0.4, 0.5) is 0 Å². The molecular formula is C26H33Cl2N7O3. The highest BCUT2D eigenvalue weighted by Crippen LogP contribution is 2.35. The molecule has 0 saturated heterocycles. The third-order valence-electron chi connectivity index (χ3n) is 5.56. The molecule has 0 aromatic heterocycles. The molecule has 1 amide bonds. The minimum absolute atomic E-state index is 0.255. The van der Waals surface area contributed by atoms with Crippen molar-refractivity contribution in [3.63, 3.8) is 0 Å². The van der Waals surface area contributed by atoms with Crippen LogP contribution in [-0.2, 0) is 9.53 Å². The van der Waals surface area contributed by atoms with Gasteiger partial charge in [-0.25, -0.2) is 16.4 Å². The van der Waals surface area contributed by atoms with E-state index < -0.39 is 6.17 Å². The summed E-state index contributed by atoms with van der Waals surface area (Å²) in [5.74, 6) is 5.36. The summed E-state index contributed by atoms with van der Waals surface area (Å²) >= 11 is 12.3. The molecule has 38 heavy (non-hydrogen) atoms. The van der Waals surface area contributed by atoms with Gasteiger partial charge in [0.25, 0.3) is 5.91 Å². The molecule has 2 atom stereocenters. The topological polar surface area (TPSA) is 147 Å². The lowest BCUT2D eigenvalue weighted by atomic mass is 9.98. The third-order valence-corrected chi connectivity index (χ3v) is 6.00. The third kappa shape index (κ3) is 8.03. The maximum absolute atomic E-state index is 13.5. The van der Waals surface area contributed by atoms with Crippen LogP contribution in [0.1, 0.15) is 47.3 Å². The molecule has 2 aromatic carbocycles. The van der Waals surface area contributed by atoms with E-state index in [0.29, 0.717) is 45.7 Å². The minimum Gasteiger partial charge on any atom is -0.497 e. The number of hydrazine groups is 1. The van der Waals surface area contributed by atoms with Gasteiger partial charge >= 0.3 is 0 Å². The lowest BCUT2D eigenvalue weighted by molar-refractivity contribution is -0.127. The largest absolute Gasteiger partial charge is 0.497 e. The van der Waals surface area contributed by atoms with Gasteiger partial charge < -0.3 is 20.7 Å². The van der Waals surface area contributed by atoms with Crippen LogP contribution in [-0.4, -0.2) is 55.5 Å². The van der Waals surface area contributed by atoms with Crippen molar-refractivity contribution in [1.82, 2.24) is 15.8 Å². The summed E-state index contributed by atoms with van der Waals surface area (Å²) in [6.45, 7) is 6.54. The lowest BCUT2D eigenvalue weighted by Gasteiger charge is -2.33. The number of carbonyl (C=O) groups is 2. The summed E-state index contributed by atoms with van der Waals surface area (Å²) in [6, 6.07) is 11.9. The van der Waals surface area contributed by atoms with Crippen LogP contribution in [0.25, 0.3) is 0 Å². The Morgan fingerprint density at radius 3 is 2.39 bits per heavy atom. The van der Waals surface area contributed by atoms with E-state index in [2.05, 4.69) is 27.5 Å². The molecule has 0 saturated carbocycles. The Balaban J connectivity index is 0.000000550. The van der Waals surface area contributed by atoms with Crippen molar-refractivity contribution in [3.05, 3.63) is 81.5 Å². The Morgan fingerprint density at radius 2 is 1.89 bits per heavy atom. The molecule has 1 aliphatic heterocycles. The van der Waals surface area contributed by atoms with E-state index in [-0.39, 0.29) is 17.7 Å². The Hall–Kier alpha value is -3.44. The van der Waals surface area contributed by atoms with Crippen LogP contribution in [0.5, 0.6) is 0 Å². The molecule has 0 spiro atoms. The number of carbonyl (C=O) groups excluding carboxylic acids is 2. The number of benzene rings is 2. The number of halogens is 2. The number of hydrazone groups is 1. The smallest absolute Gasteiger partial charge is 0.275 e. The van der Waals surface area contributed by atoms with Crippen molar-refractivity contribution < 1.29 is 14.3 Å². The number of aldehydes is 1. The maximum Gasteiger partial charge on any atom is 0.275 e. The quantitative estimate of drug-likeness (QED) is 0.0820. The van der Waals surface area contributed by atoms with Crippen LogP contribution >= 0.6 is 23.2 Å². The number of methoxy groups -OCH3 is 1. The molecular weight excluding hydrogens is 529 g/mol. The number of nitrogens with one attached hydrogen (secondary N) is 2. The minimum atomic E-state index is -0.683. The molecule has 10 nitrogen and oxygen atoms in total. The molecule has 3 rings (SSSR count). The monoisotopic (exact) mass is 561 g/mol. The summed E-state index contributed by atoms with van der Waals surface area (Å²) in [6.07, 6.45) is 1.66. The number of nitrogens with two attached hydrogens (primary N) is 2. The van der Waals surface area contributed by atoms with Gasteiger partial charge in [0.2, 0.25) is 0 Å². The van der Waals surface area contributed by atoms with E-state index in [1.807, 2.05) is 19.1 Å². The van der Waals surface area contributed by atoms with E-state index in [4.69, 9.17) is 39.5 Å². The molecule has 0 fully saturated rings. The summed E-state index contributed by atoms with van der Waals surface area (Å²) in [5, 5.41) is 7.11. The Morgan fingerprint density at radius 1 is 1.26 bits per heavy atom. The second-order valence-electron chi connectivity index (χ2n) is 8.24. The Labute approximate surface area is 232 Å². The molecule has 0 aliphatic carbocycles. The number of likely N-dealkylation sites (N-methyl/N-ethyl adjacent to an activating group) is 1. The van der Waals surface area contributed by atoms with Crippen molar-refractivity contribution >= 4 is 46.9 Å². The second-order valence-corrected chi connectivity index (χ2v) is 9.12. The molecule has 1 aliphatic rings. The van der Waals surface area contributed by atoms with Gasteiger partial charge in [-0.15, -0.1) is 0 Å². The molecule has 204 valence electrons. The first kappa shape index (κ1) is 30.8. The van der Waals surface area contributed by atoms with Crippen molar-refractivity contribution in [2.45, 2.75) is 32.0 Å². The highest BCUT2D eigenvalue weighted by atomic mass is 35.5. The fourth-order valence-corrected chi connectivity index (χ4v) is 4.37. The number of aliphatic imine (C=N–C) groups is 1. The zero-order chi connectivity index (χ0) is 28.2. The number of amides is 1. The van der Waals surface area contributed by atoms with Crippen LogP contribution in [0, 0.1) is 0 Å². The summed E-state index contributed by atoms with van der Waals surface area (Å²) in [4.78, 5) is 30.9. The average molecular weight is 563 g/mol. The summed E-state index contributed by atoms with van der Waals surface area (Å²) in [7, 11) is 3.28. The zero-order valence-electron chi connectivity index (χ0n) is 21.6. The zero-order valence-corrected chi connectivity index (χ0v) is 23.1. The summed E-state index contributed by atoms with van der Waals surface area (Å²) < 4.78 is 5.35. The van der Waals surface area contributed by atoms with Crippen LogP contribution in [0.15, 0.2) is 64.9 Å². The van der Waals surface area contributed by atoms with Crippen LogP contribution in [0.2, 0.25) is 10.0 Å². The first-order valence-electron chi connectivity index (χ1n) is 11.8. The van der Waals surface area contributed by atoms with Gasteiger partial charge in [0.05, 0.1) is 19.7 Å². The predicted octanol–water partition coefficient (Wildman–Crippen LogP) is 3.41. The standard InChI is InChI=1S/C23H22Cl2N2O3.C3H11N5/c1-4-5-20(16-8-6-15(13-28)7-9-16)27-22(14(2)30-3)26-21(23(27)29)17-10-18(24)12-19(25)11-17;1-6-2-3(4)7-8-5/h6-13,20,22H,2,4-5H2,1,3H3;6,8H,2,5H2,1H3,(H2,4,7). The summed E-state index contributed by atoms with van der Waals surface area (Å²) in [5.41, 5.74) is 9.60. The molecule has 2 unspecified atom stereocenters. The normalized spacial score (nSPS) is 15.8. The number of hydrogen-bond acceptors (Lipinski definition) is 8. The fourth-order valence-electron chi connectivity index (χ4n) is 3.85. The van der Waals surface area contributed by atoms with Crippen molar-refractivity contribution in [2.24, 2.45) is 21.7 Å². The van der Waals surface area contributed by atoms with Crippen LogP contribution < -0.4 is 22.4 Å². The van der Waals surface area contributed by atoms with Gasteiger partial charge in [0.1, 0.15) is 23.6 Å². The SMILES string of the molecule is C=C(OC)C1N=C(c2cc(Cl)cc(Cl)c2)C(=O)N1C(CCC)c1ccc(C=O)cc1.CNC/C(N)=N/NN. The number of amidine groups is 1. The molecule has 1 heterocycles. The van der Waals surface area contributed by atoms with Crippen molar-refractivity contribution in [2.75, 3.05) is 20.7 Å². The van der Waals surface area contributed by atoms with Gasteiger partial charge in [0, 0.05) is 21.2 Å². The van der Waals surface area contributed by atoms with E-state index >= 15 is 0 Å². The molecule has 12 heteroatoms. The molecule has 6 N–H and O–H groups in total. The Bertz CT molecular complexity index is 1170. The fraction of sp³-hybridized carbons (Fsp3) is 0.308. The molecule has 0 bridgehead atoms. The predicted molar refractivity (Wildman–Crippen MR) is 152 cm³/mol. The first-order valence-corrected chi connectivity index (χ1v) is 12.5. The van der Waals surface area contributed by atoms with Gasteiger partial charge in [-0.1, -0.05) is 67.4 Å². The average Bonchev–Trinajstić information content (AvgIpc) is 3.23. The molecule has 0 radical (unpaired) electrons. The second kappa shape index (κ2) is 15.1. The number of rotatable bonds is 11. The lowest BCUT2D eigenvalue weighted by Crippen LogP contribution is -2.40. The highest BCUT2D eigenvalue weighted by molar-refractivity contribution is 6.47. The van der Waals surface area contributed by atoms with E-state index in [0.717, 1.165) is 18.3 Å².